The van der Waals surface area contributed by atoms with E-state index in [2.05, 4.69) is 10.3 Å². The third kappa shape index (κ3) is 2.74. The molecule has 0 spiro atoms. The lowest BCUT2D eigenvalue weighted by atomic mass is 10.2. The van der Waals surface area contributed by atoms with Crippen LogP contribution in [0.4, 0.5) is 5.88 Å². The van der Waals surface area contributed by atoms with E-state index in [4.69, 9.17) is 4.42 Å². The van der Waals surface area contributed by atoms with Crippen LogP contribution >= 0.6 is 0 Å². The first-order valence-corrected chi connectivity index (χ1v) is 4.01. The molecule has 1 amide bonds. The van der Waals surface area contributed by atoms with Crippen LogP contribution in [0.2, 0.25) is 0 Å². The fourth-order valence-corrected chi connectivity index (χ4v) is 0.815. The van der Waals surface area contributed by atoms with Crippen molar-refractivity contribution in [3.63, 3.8) is 0 Å². The Labute approximate surface area is 71.0 Å². The van der Waals surface area contributed by atoms with Crippen LogP contribution in [0.25, 0.3) is 0 Å². The normalized spacial score (nSPS) is 9.75. The molecule has 0 aromatic carbocycles. The van der Waals surface area contributed by atoms with Gasteiger partial charge in [-0.2, -0.15) is 0 Å². The summed E-state index contributed by atoms with van der Waals surface area (Å²) in [6, 6.07) is 0. The SMILES string of the molecule is CCCCC(=O)Nc1cnco1. The van der Waals surface area contributed by atoms with E-state index in [1.165, 1.54) is 12.6 Å². The van der Waals surface area contributed by atoms with Gasteiger partial charge >= 0.3 is 0 Å². The molecule has 0 saturated carbocycles. The molecule has 0 aliphatic rings. The van der Waals surface area contributed by atoms with Gasteiger partial charge in [-0.15, -0.1) is 0 Å². The van der Waals surface area contributed by atoms with Crippen molar-refractivity contribution in [2.75, 3.05) is 5.32 Å². The van der Waals surface area contributed by atoms with Crippen LogP contribution in [0.5, 0.6) is 0 Å². The number of hydrogen-bond acceptors (Lipinski definition) is 3. The minimum Gasteiger partial charge on any atom is -0.428 e. The van der Waals surface area contributed by atoms with Crippen LogP contribution in [0.1, 0.15) is 26.2 Å². The molecule has 4 nitrogen and oxygen atoms in total. The minimum absolute atomic E-state index is 0.0198. The van der Waals surface area contributed by atoms with Gasteiger partial charge in [0.25, 0.3) is 0 Å². The highest BCUT2D eigenvalue weighted by atomic mass is 16.4. The maximum atomic E-state index is 11.1. The lowest BCUT2D eigenvalue weighted by molar-refractivity contribution is -0.116. The Balaban J connectivity index is 2.27. The van der Waals surface area contributed by atoms with Crippen molar-refractivity contribution >= 4 is 11.8 Å². The number of hydrogen-bond donors (Lipinski definition) is 1. The van der Waals surface area contributed by atoms with Crippen molar-refractivity contribution in [2.45, 2.75) is 26.2 Å². The zero-order chi connectivity index (χ0) is 8.81. The monoisotopic (exact) mass is 168 g/mol. The first-order chi connectivity index (χ1) is 5.83. The summed E-state index contributed by atoms with van der Waals surface area (Å²) in [6.07, 6.45) is 5.22. The van der Waals surface area contributed by atoms with Crippen molar-refractivity contribution in [1.82, 2.24) is 4.98 Å². The number of unbranched alkanes of at least 4 members (excludes halogenated alkanes) is 1. The molecule has 1 aromatic rings. The predicted molar refractivity (Wildman–Crippen MR) is 44.7 cm³/mol. The van der Waals surface area contributed by atoms with Gasteiger partial charge in [-0.3, -0.25) is 10.1 Å². The van der Waals surface area contributed by atoms with Gasteiger partial charge in [0.15, 0.2) is 6.39 Å². The van der Waals surface area contributed by atoms with Crippen LogP contribution in [0.3, 0.4) is 0 Å². The van der Waals surface area contributed by atoms with E-state index in [1.807, 2.05) is 6.92 Å². The topological polar surface area (TPSA) is 55.1 Å². The molecular weight excluding hydrogens is 156 g/mol. The van der Waals surface area contributed by atoms with E-state index in [1.54, 1.807) is 0 Å². The Hall–Kier alpha value is -1.32. The number of nitrogens with one attached hydrogen (secondary N) is 1. The van der Waals surface area contributed by atoms with Crippen molar-refractivity contribution in [3.8, 4) is 0 Å². The number of anilines is 1. The van der Waals surface area contributed by atoms with Crippen LogP contribution in [-0.2, 0) is 4.79 Å². The van der Waals surface area contributed by atoms with E-state index in [0.717, 1.165) is 12.8 Å². The lowest BCUT2D eigenvalue weighted by Gasteiger charge is -1.98. The lowest BCUT2D eigenvalue weighted by Crippen LogP contribution is -2.09. The maximum Gasteiger partial charge on any atom is 0.226 e. The van der Waals surface area contributed by atoms with Gasteiger partial charge in [0.05, 0.1) is 6.20 Å². The summed E-state index contributed by atoms with van der Waals surface area (Å²) in [5, 5.41) is 2.59. The smallest absolute Gasteiger partial charge is 0.226 e. The van der Waals surface area contributed by atoms with E-state index in [0.29, 0.717) is 12.3 Å². The largest absolute Gasteiger partial charge is 0.428 e. The number of nitrogens with zero attached hydrogens (tertiary/aromatic N) is 1. The number of amides is 1. The molecule has 0 bridgehead atoms. The van der Waals surface area contributed by atoms with Gasteiger partial charge in [-0.1, -0.05) is 13.3 Å². The summed E-state index contributed by atoms with van der Waals surface area (Å²) >= 11 is 0. The molecule has 0 aliphatic heterocycles. The van der Waals surface area contributed by atoms with Gasteiger partial charge in [0, 0.05) is 6.42 Å². The minimum atomic E-state index is -0.0198. The average Bonchev–Trinajstić information content (AvgIpc) is 2.53. The molecule has 0 aliphatic carbocycles. The van der Waals surface area contributed by atoms with Gasteiger partial charge in [-0.25, -0.2) is 4.98 Å². The maximum absolute atomic E-state index is 11.1. The quantitative estimate of drug-likeness (QED) is 0.745. The molecule has 1 heterocycles. The summed E-state index contributed by atoms with van der Waals surface area (Å²) < 4.78 is 4.84. The Morgan fingerprint density at radius 2 is 2.58 bits per heavy atom. The van der Waals surface area contributed by atoms with Crippen LogP contribution in [0.15, 0.2) is 17.0 Å². The number of rotatable bonds is 4. The predicted octanol–water partition coefficient (Wildman–Crippen LogP) is 1.80. The zero-order valence-corrected chi connectivity index (χ0v) is 7.04. The highest BCUT2D eigenvalue weighted by molar-refractivity contribution is 5.89. The molecule has 0 saturated heterocycles. The van der Waals surface area contributed by atoms with Crippen LogP contribution in [-0.4, -0.2) is 10.9 Å². The van der Waals surface area contributed by atoms with Crippen molar-refractivity contribution < 1.29 is 9.21 Å². The summed E-state index contributed by atoms with van der Waals surface area (Å²) in [6.45, 7) is 2.04. The third-order valence-electron chi connectivity index (χ3n) is 1.45. The Kier molecular flexibility index (Phi) is 3.32. The Bertz CT molecular complexity index is 231. The highest BCUT2D eigenvalue weighted by Crippen LogP contribution is 2.05. The number of carbonyl (C=O) groups is 1. The van der Waals surface area contributed by atoms with Crippen molar-refractivity contribution in [2.24, 2.45) is 0 Å². The van der Waals surface area contributed by atoms with Crippen molar-refractivity contribution in [1.29, 1.82) is 0 Å². The van der Waals surface area contributed by atoms with Gasteiger partial charge in [0.1, 0.15) is 0 Å². The summed E-state index contributed by atoms with van der Waals surface area (Å²) in [5.74, 6) is 0.393. The third-order valence-corrected chi connectivity index (χ3v) is 1.45. The van der Waals surface area contributed by atoms with E-state index >= 15 is 0 Å². The zero-order valence-electron chi connectivity index (χ0n) is 7.04. The second-order valence-electron chi connectivity index (χ2n) is 2.52. The highest BCUT2D eigenvalue weighted by Gasteiger charge is 2.02. The summed E-state index contributed by atoms with van der Waals surface area (Å²) in [5.41, 5.74) is 0. The second kappa shape index (κ2) is 4.54. The van der Waals surface area contributed by atoms with E-state index in [-0.39, 0.29) is 5.91 Å². The first kappa shape index (κ1) is 8.77. The number of oxazole rings is 1. The number of aromatic nitrogens is 1. The molecule has 0 fully saturated rings. The first-order valence-electron chi connectivity index (χ1n) is 4.01. The molecule has 1 N–H and O–H groups in total. The fourth-order valence-electron chi connectivity index (χ4n) is 0.815. The molecule has 1 aromatic heterocycles. The molecule has 66 valence electrons. The summed E-state index contributed by atoms with van der Waals surface area (Å²) in [7, 11) is 0. The standard InChI is InChI=1S/C8H12N2O2/c1-2-3-4-7(11)10-8-5-9-6-12-8/h5-6H,2-4H2,1H3,(H,10,11). The molecule has 0 radical (unpaired) electrons. The molecule has 12 heavy (non-hydrogen) atoms. The Morgan fingerprint density at radius 1 is 1.75 bits per heavy atom. The van der Waals surface area contributed by atoms with Gasteiger partial charge < -0.3 is 4.42 Å². The Morgan fingerprint density at radius 3 is 3.17 bits per heavy atom. The molecular formula is C8H12N2O2. The second-order valence-corrected chi connectivity index (χ2v) is 2.52. The van der Waals surface area contributed by atoms with Crippen LogP contribution < -0.4 is 5.32 Å². The van der Waals surface area contributed by atoms with E-state index < -0.39 is 0 Å². The number of carbonyl (C=O) groups excluding carboxylic acids is 1. The fraction of sp³-hybridized carbons (Fsp3) is 0.500. The molecule has 1 rings (SSSR count). The van der Waals surface area contributed by atoms with Crippen molar-refractivity contribution in [3.05, 3.63) is 12.6 Å². The van der Waals surface area contributed by atoms with Gasteiger partial charge in [0.2, 0.25) is 11.8 Å². The average molecular weight is 168 g/mol. The summed E-state index contributed by atoms with van der Waals surface area (Å²) in [4.78, 5) is 14.7. The van der Waals surface area contributed by atoms with Crippen LogP contribution in [0, 0.1) is 0 Å². The molecule has 4 heteroatoms. The molecule has 0 unspecified atom stereocenters. The molecule has 0 atom stereocenters. The van der Waals surface area contributed by atoms with Gasteiger partial charge in [-0.05, 0) is 6.42 Å². The van der Waals surface area contributed by atoms with E-state index in [9.17, 15) is 4.79 Å².